The Morgan fingerprint density at radius 2 is 2.00 bits per heavy atom. The smallest absolute Gasteiger partial charge is 0.421 e. The summed E-state index contributed by atoms with van der Waals surface area (Å²) < 4.78 is 30.9. The zero-order chi connectivity index (χ0) is 14.6. The van der Waals surface area contributed by atoms with E-state index in [4.69, 9.17) is 4.74 Å². The molecule has 1 unspecified atom stereocenters. The highest BCUT2D eigenvalue weighted by molar-refractivity contribution is 7.90. The van der Waals surface area contributed by atoms with Gasteiger partial charge in [0.2, 0.25) is 0 Å². The maximum Gasteiger partial charge on any atom is 0.421 e. The van der Waals surface area contributed by atoms with Gasteiger partial charge in [-0.25, -0.2) is 17.9 Å². The molecule has 1 amide bonds. The Labute approximate surface area is 118 Å². The largest absolute Gasteiger partial charge is 0.441 e. The Morgan fingerprint density at radius 1 is 1.30 bits per heavy atom. The van der Waals surface area contributed by atoms with Gasteiger partial charge >= 0.3 is 6.09 Å². The summed E-state index contributed by atoms with van der Waals surface area (Å²) >= 11 is 0. The average Bonchev–Trinajstić information content (AvgIpc) is 2.39. The van der Waals surface area contributed by atoms with E-state index in [9.17, 15) is 13.2 Å². The van der Waals surface area contributed by atoms with Crippen molar-refractivity contribution < 1.29 is 17.9 Å². The van der Waals surface area contributed by atoms with Gasteiger partial charge in [-0.05, 0) is 44.4 Å². The third-order valence-corrected chi connectivity index (χ3v) is 4.35. The lowest BCUT2D eigenvalue weighted by molar-refractivity contribution is 0.118. The molecule has 108 valence electrons. The van der Waals surface area contributed by atoms with Crippen molar-refractivity contribution in [2.45, 2.75) is 37.2 Å². The van der Waals surface area contributed by atoms with Gasteiger partial charge < -0.3 is 4.74 Å². The fourth-order valence-electron chi connectivity index (χ4n) is 1.93. The van der Waals surface area contributed by atoms with Gasteiger partial charge in [-0.2, -0.15) is 0 Å². The van der Waals surface area contributed by atoms with E-state index >= 15 is 0 Å². The van der Waals surface area contributed by atoms with Crippen LogP contribution in [0.5, 0.6) is 0 Å². The second-order valence-electron chi connectivity index (χ2n) is 4.72. The number of rotatable bonds is 3. The first-order valence-corrected chi connectivity index (χ1v) is 7.92. The molecule has 0 saturated heterocycles. The number of amides is 1. The predicted octanol–water partition coefficient (Wildman–Crippen LogP) is 2.52. The van der Waals surface area contributed by atoms with Crippen LogP contribution < -0.4 is 4.72 Å². The van der Waals surface area contributed by atoms with E-state index < -0.39 is 16.1 Å². The molecule has 1 N–H and O–H groups in total. The van der Waals surface area contributed by atoms with E-state index in [-0.39, 0.29) is 11.0 Å². The number of aryl methyl sites for hydroxylation is 1. The first-order valence-electron chi connectivity index (χ1n) is 6.44. The Balaban J connectivity index is 2.00. The second kappa shape index (κ2) is 6.09. The molecule has 1 aliphatic carbocycles. The Kier molecular flexibility index (Phi) is 4.44. The minimum atomic E-state index is -3.88. The van der Waals surface area contributed by atoms with Crippen LogP contribution in [0, 0.1) is 6.92 Å². The summed E-state index contributed by atoms with van der Waals surface area (Å²) in [7, 11) is -3.88. The molecule has 0 heterocycles. The lowest BCUT2D eigenvalue weighted by Crippen LogP contribution is -2.33. The zero-order valence-electron chi connectivity index (χ0n) is 11.2. The summed E-state index contributed by atoms with van der Waals surface area (Å²) in [6.45, 7) is 1.85. The molecule has 1 aromatic rings. The molecule has 0 saturated carbocycles. The summed E-state index contributed by atoms with van der Waals surface area (Å²) in [6, 6.07) is 6.24. The van der Waals surface area contributed by atoms with Crippen LogP contribution >= 0.6 is 0 Å². The van der Waals surface area contributed by atoms with Crippen molar-refractivity contribution in [1.29, 1.82) is 0 Å². The van der Waals surface area contributed by atoms with Gasteiger partial charge in [0.15, 0.2) is 0 Å². The second-order valence-corrected chi connectivity index (χ2v) is 6.40. The summed E-state index contributed by atoms with van der Waals surface area (Å²) in [6.07, 6.45) is 5.02. The average molecular weight is 295 g/mol. The molecule has 0 bridgehead atoms. The number of allylic oxidation sites excluding steroid dienone is 1. The van der Waals surface area contributed by atoms with Crippen molar-refractivity contribution >= 4 is 16.1 Å². The molecule has 5 nitrogen and oxygen atoms in total. The van der Waals surface area contributed by atoms with Crippen molar-refractivity contribution in [2.75, 3.05) is 0 Å². The molecule has 1 atom stereocenters. The van der Waals surface area contributed by atoms with Crippen LogP contribution in [0.2, 0.25) is 0 Å². The topological polar surface area (TPSA) is 72.5 Å². The van der Waals surface area contributed by atoms with E-state index in [1.807, 2.05) is 17.7 Å². The number of ether oxygens (including phenoxy) is 1. The standard InChI is InChI=1S/C14H17NO4S/c1-11-7-9-13(10-8-11)20(17,18)15-14(16)19-12-5-3-2-4-6-12/h3,5,7-10,12H,2,4,6H2,1H3,(H,15,16). The molecule has 20 heavy (non-hydrogen) atoms. The van der Waals surface area contributed by atoms with Crippen LogP contribution in [0.1, 0.15) is 24.8 Å². The monoisotopic (exact) mass is 295 g/mol. The predicted molar refractivity (Wildman–Crippen MR) is 74.8 cm³/mol. The minimum absolute atomic E-state index is 0.0410. The first kappa shape index (κ1) is 14.6. The van der Waals surface area contributed by atoms with Crippen LogP contribution in [-0.2, 0) is 14.8 Å². The molecule has 0 spiro atoms. The molecule has 0 aromatic heterocycles. The lowest BCUT2D eigenvalue weighted by atomic mass is 10.1. The van der Waals surface area contributed by atoms with E-state index in [2.05, 4.69) is 0 Å². The third-order valence-electron chi connectivity index (χ3n) is 3.02. The highest BCUT2D eigenvalue weighted by atomic mass is 32.2. The third kappa shape index (κ3) is 3.84. The summed E-state index contributed by atoms with van der Waals surface area (Å²) in [5.41, 5.74) is 0.943. The SMILES string of the molecule is Cc1ccc(S(=O)(=O)NC(=O)OC2C=CCCC2)cc1. The van der Waals surface area contributed by atoms with E-state index in [0.717, 1.165) is 18.4 Å². The zero-order valence-corrected chi connectivity index (χ0v) is 12.0. The first-order chi connectivity index (χ1) is 9.47. The van der Waals surface area contributed by atoms with Gasteiger partial charge in [0, 0.05) is 0 Å². The van der Waals surface area contributed by atoms with Gasteiger partial charge in [-0.15, -0.1) is 0 Å². The highest BCUT2D eigenvalue weighted by Crippen LogP contribution is 2.14. The number of nitrogens with one attached hydrogen (secondary N) is 1. The number of hydrogen-bond donors (Lipinski definition) is 1. The Hall–Kier alpha value is -1.82. The summed E-state index contributed by atoms with van der Waals surface area (Å²) in [4.78, 5) is 11.7. The molecule has 0 radical (unpaired) electrons. The van der Waals surface area contributed by atoms with Crippen molar-refractivity contribution in [3.8, 4) is 0 Å². The van der Waals surface area contributed by atoms with E-state index in [0.29, 0.717) is 6.42 Å². The number of hydrogen-bond acceptors (Lipinski definition) is 4. The fraction of sp³-hybridized carbons (Fsp3) is 0.357. The summed E-state index contributed by atoms with van der Waals surface area (Å²) in [5, 5.41) is 0. The van der Waals surface area contributed by atoms with Gasteiger partial charge in [0.05, 0.1) is 4.90 Å². The van der Waals surface area contributed by atoms with Crippen LogP contribution in [0.4, 0.5) is 4.79 Å². The van der Waals surface area contributed by atoms with Crippen LogP contribution in [-0.4, -0.2) is 20.6 Å². The molecular formula is C14H17NO4S. The lowest BCUT2D eigenvalue weighted by Gasteiger charge is -2.17. The van der Waals surface area contributed by atoms with Crippen LogP contribution in [0.15, 0.2) is 41.3 Å². The van der Waals surface area contributed by atoms with Gasteiger partial charge in [-0.3, -0.25) is 0 Å². The van der Waals surface area contributed by atoms with Crippen molar-refractivity contribution in [3.63, 3.8) is 0 Å². The Morgan fingerprint density at radius 3 is 2.60 bits per heavy atom. The van der Waals surface area contributed by atoms with Gasteiger partial charge in [0.25, 0.3) is 10.0 Å². The molecule has 0 aliphatic heterocycles. The van der Waals surface area contributed by atoms with E-state index in [1.165, 1.54) is 12.1 Å². The number of carbonyl (C=O) groups is 1. The molecule has 1 aromatic carbocycles. The number of benzene rings is 1. The van der Waals surface area contributed by atoms with Crippen molar-refractivity contribution in [1.82, 2.24) is 4.72 Å². The van der Waals surface area contributed by atoms with Gasteiger partial charge in [0.1, 0.15) is 6.10 Å². The number of carbonyl (C=O) groups excluding carboxylic acids is 1. The minimum Gasteiger partial charge on any atom is -0.441 e. The molecule has 1 aliphatic rings. The maximum atomic E-state index is 12.0. The maximum absolute atomic E-state index is 12.0. The number of sulfonamides is 1. The molecule has 6 heteroatoms. The molecule has 0 fully saturated rings. The molecular weight excluding hydrogens is 278 g/mol. The summed E-state index contributed by atoms with van der Waals surface area (Å²) in [5.74, 6) is 0. The quantitative estimate of drug-likeness (QED) is 0.870. The molecule has 2 rings (SSSR count). The van der Waals surface area contributed by atoms with Crippen LogP contribution in [0.25, 0.3) is 0 Å². The van der Waals surface area contributed by atoms with Gasteiger partial charge in [-0.1, -0.05) is 23.8 Å². The normalized spacial score (nSPS) is 18.6. The van der Waals surface area contributed by atoms with Crippen LogP contribution in [0.3, 0.4) is 0 Å². The fourth-order valence-corrected chi connectivity index (χ4v) is 2.81. The van der Waals surface area contributed by atoms with Crippen molar-refractivity contribution in [2.24, 2.45) is 0 Å². The van der Waals surface area contributed by atoms with Crippen molar-refractivity contribution in [3.05, 3.63) is 42.0 Å². The highest BCUT2D eigenvalue weighted by Gasteiger charge is 2.21. The van der Waals surface area contributed by atoms with E-state index in [1.54, 1.807) is 18.2 Å². The Bertz CT molecular complexity index is 605.